The molecule has 1 N–H and O–H groups in total. The number of aryl methyl sites for hydroxylation is 2. The van der Waals surface area contributed by atoms with Crippen molar-refractivity contribution in [1.82, 2.24) is 9.78 Å². The van der Waals surface area contributed by atoms with E-state index in [4.69, 9.17) is 11.6 Å². The van der Waals surface area contributed by atoms with Crippen LogP contribution in [0, 0.1) is 6.92 Å². The highest BCUT2D eigenvalue weighted by atomic mass is 35.5. The normalized spacial score (nSPS) is 12.7. The van der Waals surface area contributed by atoms with Crippen LogP contribution in [0.1, 0.15) is 36.1 Å². The SMILES string of the molecule is CCCn1cc(C(O)c2ccc(C)cc2Cl)cn1. The van der Waals surface area contributed by atoms with E-state index in [-0.39, 0.29) is 0 Å². The summed E-state index contributed by atoms with van der Waals surface area (Å²) in [6.45, 7) is 4.92. The average molecular weight is 265 g/mol. The molecule has 0 aliphatic heterocycles. The number of halogens is 1. The first kappa shape index (κ1) is 13.1. The molecule has 0 aliphatic carbocycles. The molecule has 0 radical (unpaired) electrons. The van der Waals surface area contributed by atoms with Crippen LogP contribution in [0.5, 0.6) is 0 Å². The Morgan fingerprint density at radius 2 is 2.22 bits per heavy atom. The van der Waals surface area contributed by atoms with Crippen LogP contribution in [0.15, 0.2) is 30.6 Å². The van der Waals surface area contributed by atoms with E-state index in [9.17, 15) is 5.11 Å². The number of aromatic nitrogens is 2. The molecule has 1 unspecified atom stereocenters. The topological polar surface area (TPSA) is 38.0 Å². The van der Waals surface area contributed by atoms with Crippen molar-refractivity contribution < 1.29 is 5.11 Å². The third-order valence-corrected chi connectivity index (χ3v) is 3.20. The highest BCUT2D eigenvalue weighted by Crippen LogP contribution is 2.28. The zero-order valence-corrected chi connectivity index (χ0v) is 11.4. The smallest absolute Gasteiger partial charge is 0.109 e. The second-order valence-electron chi connectivity index (χ2n) is 4.46. The molecule has 1 heterocycles. The largest absolute Gasteiger partial charge is 0.383 e. The van der Waals surface area contributed by atoms with Crippen molar-refractivity contribution in [2.75, 3.05) is 0 Å². The van der Waals surface area contributed by atoms with Crippen molar-refractivity contribution in [3.05, 3.63) is 52.3 Å². The van der Waals surface area contributed by atoms with Crippen LogP contribution in [-0.4, -0.2) is 14.9 Å². The van der Waals surface area contributed by atoms with Crippen molar-refractivity contribution in [1.29, 1.82) is 0 Å². The lowest BCUT2D eigenvalue weighted by molar-refractivity contribution is 0.220. The fraction of sp³-hybridized carbons (Fsp3) is 0.357. The van der Waals surface area contributed by atoms with Gasteiger partial charge in [-0.1, -0.05) is 30.7 Å². The Morgan fingerprint density at radius 3 is 2.89 bits per heavy atom. The number of benzene rings is 1. The van der Waals surface area contributed by atoms with Gasteiger partial charge in [-0.3, -0.25) is 4.68 Å². The minimum absolute atomic E-state index is 0.589. The number of nitrogens with zero attached hydrogens (tertiary/aromatic N) is 2. The Kier molecular flexibility index (Phi) is 4.04. The third kappa shape index (κ3) is 2.74. The van der Waals surface area contributed by atoms with Crippen molar-refractivity contribution >= 4 is 11.6 Å². The van der Waals surface area contributed by atoms with Gasteiger partial charge in [0.15, 0.2) is 0 Å². The van der Waals surface area contributed by atoms with E-state index in [1.807, 2.05) is 36.0 Å². The molecule has 96 valence electrons. The van der Waals surface area contributed by atoms with Crippen LogP contribution >= 0.6 is 11.6 Å². The van der Waals surface area contributed by atoms with E-state index >= 15 is 0 Å². The Bertz CT molecular complexity index is 536. The quantitative estimate of drug-likeness (QED) is 0.920. The van der Waals surface area contributed by atoms with Gasteiger partial charge >= 0.3 is 0 Å². The van der Waals surface area contributed by atoms with Gasteiger partial charge in [0.2, 0.25) is 0 Å². The van der Waals surface area contributed by atoms with Gasteiger partial charge in [0.05, 0.1) is 6.20 Å². The second kappa shape index (κ2) is 5.55. The monoisotopic (exact) mass is 264 g/mol. The maximum Gasteiger partial charge on any atom is 0.109 e. The summed E-state index contributed by atoms with van der Waals surface area (Å²) >= 11 is 6.16. The molecular weight excluding hydrogens is 248 g/mol. The van der Waals surface area contributed by atoms with Crippen LogP contribution in [0.2, 0.25) is 5.02 Å². The highest BCUT2D eigenvalue weighted by Gasteiger charge is 2.15. The average Bonchev–Trinajstić information content (AvgIpc) is 2.77. The molecule has 1 aromatic heterocycles. The van der Waals surface area contributed by atoms with E-state index in [1.165, 1.54) is 0 Å². The molecule has 0 amide bonds. The predicted octanol–water partition coefficient (Wildman–Crippen LogP) is 3.34. The van der Waals surface area contributed by atoms with Gasteiger partial charge in [0.25, 0.3) is 0 Å². The summed E-state index contributed by atoms with van der Waals surface area (Å²) in [6.07, 6.45) is 3.85. The second-order valence-corrected chi connectivity index (χ2v) is 4.87. The van der Waals surface area contributed by atoms with Crippen LogP contribution in [-0.2, 0) is 6.54 Å². The number of aliphatic hydroxyl groups is 1. The summed E-state index contributed by atoms with van der Waals surface area (Å²) in [7, 11) is 0. The highest BCUT2D eigenvalue weighted by molar-refractivity contribution is 6.31. The van der Waals surface area contributed by atoms with E-state index in [0.29, 0.717) is 5.02 Å². The molecule has 1 aromatic carbocycles. The Morgan fingerprint density at radius 1 is 1.44 bits per heavy atom. The van der Waals surface area contributed by atoms with Crippen LogP contribution in [0.4, 0.5) is 0 Å². The summed E-state index contributed by atoms with van der Waals surface area (Å²) in [6, 6.07) is 5.66. The first-order valence-corrected chi connectivity index (χ1v) is 6.46. The predicted molar refractivity (Wildman–Crippen MR) is 72.8 cm³/mol. The molecule has 0 aliphatic rings. The molecule has 4 heteroatoms. The molecule has 0 saturated heterocycles. The standard InChI is InChI=1S/C14H17ClN2O/c1-3-6-17-9-11(8-16-17)14(18)12-5-4-10(2)7-13(12)15/h4-5,7-9,14,18H,3,6H2,1-2H3. The van der Waals surface area contributed by atoms with Gasteiger partial charge in [-0.25, -0.2) is 0 Å². The zero-order chi connectivity index (χ0) is 13.1. The number of hydrogen-bond acceptors (Lipinski definition) is 2. The molecular formula is C14H17ClN2O. The number of hydrogen-bond donors (Lipinski definition) is 1. The van der Waals surface area contributed by atoms with Crippen molar-refractivity contribution in [2.24, 2.45) is 0 Å². The van der Waals surface area contributed by atoms with E-state index in [1.54, 1.807) is 6.20 Å². The van der Waals surface area contributed by atoms with Gasteiger partial charge < -0.3 is 5.11 Å². The van der Waals surface area contributed by atoms with Crippen LogP contribution < -0.4 is 0 Å². The summed E-state index contributed by atoms with van der Waals surface area (Å²) in [5.74, 6) is 0. The lowest BCUT2D eigenvalue weighted by Gasteiger charge is -2.11. The van der Waals surface area contributed by atoms with Crippen molar-refractivity contribution in [3.8, 4) is 0 Å². The van der Waals surface area contributed by atoms with Gasteiger partial charge in [0, 0.05) is 28.9 Å². The summed E-state index contributed by atoms with van der Waals surface area (Å²) in [4.78, 5) is 0. The number of rotatable bonds is 4. The minimum atomic E-state index is -0.719. The maximum atomic E-state index is 10.3. The maximum absolute atomic E-state index is 10.3. The zero-order valence-electron chi connectivity index (χ0n) is 10.6. The first-order valence-electron chi connectivity index (χ1n) is 6.08. The van der Waals surface area contributed by atoms with Crippen molar-refractivity contribution in [3.63, 3.8) is 0 Å². The first-order chi connectivity index (χ1) is 8.61. The molecule has 3 nitrogen and oxygen atoms in total. The lowest BCUT2D eigenvalue weighted by atomic mass is 10.0. The minimum Gasteiger partial charge on any atom is -0.383 e. The van der Waals surface area contributed by atoms with E-state index < -0.39 is 6.10 Å². The van der Waals surface area contributed by atoms with Crippen molar-refractivity contribution in [2.45, 2.75) is 32.9 Å². The molecule has 1 atom stereocenters. The Balaban J connectivity index is 2.26. The molecule has 0 saturated carbocycles. The molecule has 2 rings (SSSR count). The fourth-order valence-corrected chi connectivity index (χ4v) is 2.24. The summed E-state index contributed by atoms with van der Waals surface area (Å²) in [5, 5.41) is 15.1. The van der Waals surface area contributed by atoms with Gasteiger partial charge in [-0.15, -0.1) is 0 Å². The van der Waals surface area contributed by atoms with Gasteiger partial charge in [-0.05, 0) is 25.0 Å². The van der Waals surface area contributed by atoms with E-state index in [2.05, 4.69) is 12.0 Å². The molecule has 0 spiro atoms. The van der Waals surface area contributed by atoms with Gasteiger partial charge in [-0.2, -0.15) is 5.10 Å². The number of aliphatic hydroxyl groups excluding tert-OH is 1. The molecule has 0 bridgehead atoms. The Hall–Kier alpha value is -1.32. The summed E-state index contributed by atoms with van der Waals surface area (Å²) < 4.78 is 1.83. The molecule has 0 fully saturated rings. The van der Waals surface area contributed by atoms with Crippen LogP contribution in [0.3, 0.4) is 0 Å². The van der Waals surface area contributed by atoms with Gasteiger partial charge in [0.1, 0.15) is 6.10 Å². The molecule has 18 heavy (non-hydrogen) atoms. The van der Waals surface area contributed by atoms with Crippen LogP contribution in [0.25, 0.3) is 0 Å². The Labute approximate surface area is 112 Å². The fourth-order valence-electron chi connectivity index (χ4n) is 1.91. The lowest BCUT2D eigenvalue weighted by Crippen LogP contribution is -2.00. The van der Waals surface area contributed by atoms with E-state index in [0.717, 1.165) is 29.7 Å². The summed E-state index contributed by atoms with van der Waals surface area (Å²) in [5.41, 5.74) is 2.57. The third-order valence-electron chi connectivity index (χ3n) is 2.87. The molecule has 2 aromatic rings.